The summed E-state index contributed by atoms with van der Waals surface area (Å²) in [5, 5.41) is 5.61. The third kappa shape index (κ3) is 3.35. The molecule has 8 rings (SSSR count). The number of rotatable bonds is 3. The Bertz CT molecular complexity index is 2170. The second-order valence-electron chi connectivity index (χ2n) is 9.95. The minimum atomic E-state index is 0.732. The molecule has 0 aliphatic heterocycles. The van der Waals surface area contributed by atoms with Crippen LogP contribution in [0.1, 0.15) is 0 Å². The highest BCUT2D eigenvalue weighted by atomic mass is 35.5. The SMILES string of the molecule is Clc1ccc2c3ccccc3n(-c3cccc4c5ccccc5n(-c5ccc(-c6ccccc6)cc5)c34)c2c1. The van der Waals surface area contributed by atoms with Crippen LogP contribution in [-0.2, 0) is 0 Å². The predicted molar refractivity (Wildman–Crippen MR) is 166 cm³/mol. The van der Waals surface area contributed by atoms with Gasteiger partial charge in [0.25, 0.3) is 0 Å². The molecule has 2 nitrogen and oxygen atoms in total. The summed E-state index contributed by atoms with van der Waals surface area (Å²) in [7, 11) is 0. The summed E-state index contributed by atoms with van der Waals surface area (Å²) < 4.78 is 4.77. The Morgan fingerprint density at radius 2 is 1.00 bits per heavy atom. The van der Waals surface area contributed by atoms with Crippen LogP contribution < -0.4 is 0 Å². The van der Waals surface area contributed by atoms with Crippen molar-refractivity contribution in [3.05, 3.63) is 145 Å². The van der Waals surface area contributed by atoms with Crippen LogP contribution in [-0.4, -0.2) is 9.13 Å². The molecule has 39 heavy (non-hydrogen) atoms. The van der Waals surface area contributed by atoms with Crippen molar-refractivity contribution in [1.82, 2.24) is 9.13 Å². The Morgan fingerprint density at radius 3 is 1.77 bits per heavy atom. The Labute approximate surface area is 230 Å². The molecule has 0 unspecified atom stereocenters. The summed E-state index contributed by atoms with van der Waals surface area (Å²) in [5.74, 6) is 0. The van der Waals surface area contributed by atoms with E-state index in [0.29, 0.717) is 0 Å². The first-order valence-corrected chi connectivity index (χ1v) is 13.5. The Morgan fingerprint density at radius 1 is 0.410 bits per heavy atom. The summed E-state index contributed by atoms with van der Waals surface area (Å²) in [6.45, 7) is 0. The lowest BCUT2D eigenvalue weighted by Gasteiger charge is -2.15. The van der Waals surface area contributed by atoms with Crippen molar-refractivity contribution in [2.45, 2.75) is 0 Å². The summed E-state index contributed by atoms with van der Waals surface area (Å²) in [4.78, 5) is 0. The van der Waals surface area contributed by atoms with Gasteiger partial charge in [-0.3, -0.25) is 0 Å². The van der Waals surface area contributed by atoms with Crippen LogP contribution in [0.3, 0.4) is 0 Å². The van der Waals surface area contributed by atoms with Crippen molar-refractivity contribution < 1.29 is 0 Å². The van der Waals surface area contributed by atoms with Gasteiger partial charge in [0.15, 0.2) is 0 Å². The number of para-hydroxylation sites is 3. The molecule has 184 valence electrons. The minimum absolute atomic E-state index is 0.732. The van der Waals surface area contributed by atoms with Gasteiger partial charge in [-0.25, -0.2) is 0 Å². The predicted octanol–water partition coefficient (Wildman–Crippen LogP) is 10.2. The lowest BCUT2D eigenvalue weighted by atomic mass is 10.1. The van der Waals surface area contributed by atoms with Crippen LogP contribution in [0.4, 0.5) is 0 Å². The van der Waals surface area contributed by atoms with E-state index in [1.807, 2.05) is 6.07 Å². The Balaban J connectivity index is 1.48. The van der Waals surface area contributed by atoms with Crippen LogP contribution >= 0.6 is 11.6 Å². The fourth-order valence-corrected chi connectivity index (χ4v) is 6.25. The first kappa shape index (κ1) is 22.2. The maximum Gasteiger partial charge on any atom is 0.0782 e. The van der Waals surface area contributed by atoms with E-state index in [4.69, 9.17) is 11.6 Å². The molecule has 0 bridgehead atoms. The van der Waals surface area contributed by atoms with Gasteiger partial charge in [-0.15, -0.1) is 0 Å². The molecule has 0 saturated carbocycles. The standard InChI is InChI=1S/C36H23ClN2/c37-26-19-22-30-28-11-4-7-15-33(28)39(35(30)23-26)34-16-8-13-31-29-12-5-6-14-32(29)38(36(31)34)27-20-17-25(18-21-27)24-9-2-1-3-10-24/h1-23H. The number of benzene rings is 6. The molecule has 0 spiro atoms. The largest absolute Gasteiger partial charge is 0.307 e. The maximum atomic E-state index is 6.56. The molecule has 0 aliphatic carbocycles. The summed E-state index contributed by atoms with van der Waals surface area (Å²) in [5.41, 5.74) is 9.31. The summed E-state index contributed by atoms with van der Waals surface area (Å²) >= 11 is 6.56. The van der Waals surface area contributed by atoms with Crippen LogP contribution in [0.15, 0.2) is 140 Å². The van der Waals surface area contributed by atoms with Crippen molar-refractivity contribution in [3.63, 3.8) is 0 Å². The fourth-order valence-electron chi connectivity index (χ4n) is 6.09. The van der Waals surface area contributed by atoms with Crippen LogP contribution in [0.25, 0.3) is 66.1 Å². The number of hydrogen-bond donors (Lipinski definition) is 0. The normalized spacial score (nSPS) is 11.7. The summed E-state index contributed by atoms with van der Waals surface area (Å²) in [6.07, 6.45) is 0. The molecule has 0 fully saturated rings. The van der Waals surface area contributed by atoms with Gasteiger partial charge in [0.2, 0.25) is 0 Å². The smallest absolute Gasteiger partial charge is 0.0782 e. The minimum Gasteiger partial charge on any atom is -0.307 e. The molecular weight excluding hydrogens is 496 g/mol. The molecule has 0 amide bonds. The number of aromatic nitrogens is 2. The van der Waals surface area contributed by atoms with Gasteiger partial charge in [0.1, 0.15) is 0 Å². The van der Waals surface area contributed by atoms with E-state index < -0.39 is 0 Å². The molecule has 0 atom stereocenters. The Kier molecular flexibility index (Phi) is 4.91. The van der Waals surface area contributed by atoms with Gasteiger partial charge in [-0.2, -0.15) is 0 Å². The second-order valence-corrected chi connectivity index (χ2v) is 10.4. The number of nitrogens with zero attached hydrogens (tertiary/aromatic N) is 2. The van der Waals surface area contributed by atoms with E-state index in [1.165, 1.54) is 49.2 Å². The topological polar surface area (TPSA) is 9.86 Å². The molecular formula is C36H23ClN2. The number of fused-ring (bicyclic) bond motifs is 6. The van der Waals surface area contributed by atoms with E-state index in [9.17, 15) is 0 Å². The zero-order chi connectivity index (χ0) is 25.9. The number of halogens is 1. The molecule has 0 N–H and O–H groups in total. The molecule has 6 aromatic carbocycles. The van der Waals surface area contributed by atoms with Gasteiger partial charge >= 0.3 is 0 Å². The first-order chi connectivity index (χ1) is 19.3. The quantitative estimate of drug-likeness (QED) is 0.220. The van der Waals surface area contributed by atoms with Crippen molar-refractivity contribution >= 4 is 55.2 Å². The Hall–Kier alpha value is -4.79. The monoisotopic (exact) mass is 518 g/mol. The van der Waals surface area contributed by atoms with Crippen molar-refractivity contribution in [3.8, 4) is 22.5 Å². The van der Waals surface area contributed by atoms with Crippen LogP contribution in [0, 0.1) is 0 Å². The van der Waals surface area contributed by atoms with Gasteiger partial charge in [-0.05, 0) is 53.6 Å². The molecule has 2 heterocycles. The zero-order valence-corrected chi connectivity index (χ0v) is 21.8. The fraction of sp³-hybridized carbons (Fsp3) is 0. The molecule has 0 saturated heterocycles. The van der Waals surface area contributed by atoms with E-state index in [2.05, 4.69) is 143 Å². The van der Waals surface area contributed by atoms with E-state index in [0.717, 1.165) is 21.9 Å². The van der Waals surface area contributed by atoms with E-state index >= 15 is 0 Å². The molecule has 0 aliphatic rings. The molecule has 0 radical (unpaired) electrons. The average molecular weight is 519 g/mol. The van der Waals surface area contributed by atoms with E-state index in [-0.39, 0.29) is 0 Å². The second kappa shape index (κ2) is 8.62. The van der Waals surface area contributed by atoms with E-state index in [1.54, 1.807) is 0 Å². The van der Waals surface area contributed by atoms with Gasteiger partial charge in [0, 0.05) is 32.3 Å². The van der Waals surface area contributed by atoms with Crippen molar-refractivity contribution in [1.29, 1.82) is 0 Å². The summed E-state index contributed by atoms with van der Waals surface area (Å²) in [6, 6.07) is 49.5. The van der Waals surface area contributed by atoms with Gasteiger partial charge in [0.05, 0.1) is 27.8 Å². The van der Waals surface area contributed by atoms with Crippen molar-refractivity contribution in [2.75, 3.05) is 0 Å². The zero-order valence-electron chi connectivity index (χ0n) is 21.1. The maximum absolute atomic E-state index is 6.56. The highest BCUT2D eigenvalue weighted by Gasteiger charge is 2.19. The third-order valence-corrected chi connectivity index (χ3v) is 8.02. The molecule has 8 aromatic rings. The highest BCUT2D eigenvalue weighted by Crippen LogP contribution is 2.40. The van der Waals surface area contributed by atoms with Gasteiger partial charge < -0.3 is 9.13 Å². The van der Waals surface area contributed by atoms with Crippen molar-refractivity contribution in [2.24, 2.45) is 0 Å². The highest BCUT2D eigenvalue weighted by molar-refractivity contribution is 6.31. The van der Waals surface area contributed by atoms with Gasteiger partial charge in [-0.1, -0.05) is 109 Å². The average Bonchev–Trinajstić information content (AvgIpc) is 3.50. The first-order valence-electron chi connectivity index (χ1n) is 13.1. The lowest BCUT2D eigenvalue weighted by molar-refractivity contribution is 1.13. The molecule has 2 aromatic heterocycles. The third-order valence-electron chi connectivity index (χ3n) is 7.78. The number of hydrogen-bond acceptors (Lipinski definition) is 0. The van der Waals surface area contributed by atoms with Crippen LogP contribution in [0.5, 0.6) is 0 Å². The lowest BCUT2D eigenvalue weighted by Crippen LogP contribution is -2.00. The molecule has 3 heteroatoms. The van der Waals surface area contributed by atoms with Crippen LogP contribution in [0.2, 0.25) is 5.02 Å².